The number of fused-ring (bicyclic) bond motifs is 1. The molecule has 2 aliphatic rings. The van der Waals surface area contributed by atoms with E-state index < -0.39 is 6.10 Å². The first-order valence-corrected chi connectivity index (χ1v) is 13.2. The van der Waals surface area contributed by atoms with E-state index in [2.05, 4.69) is 4.98 Å². The van der Waals surface area contributed by atoms with Crippen LogP contribution < -0.4 is 9.64 Å². The van der Waals surface area contributed by atoms with Gasteiger partial charge in [-0.3, -0.25) is 19.5 Å². The number of carbonyl (C=O) groups is 2. The van der Waals surface area contributed by atoms with Crippen molar-refractivity contribution in [3.8, 4) is 27.7 Å². The second-order valence-electron chi connectivity index (χ2n) is 9.17. The standard InChI is InChI=1S/C27H30N4O3S/c1-3-23-27(33)31(16-25(32)30(2)19-9-5-4-6-10-19)22-15-18(12-13-24(22)34-23)21-17-35-26(29-21)20-11-7-8-14-28-20/h7-8,11-15,17,19,23H,3-6,9-10,16H2,1-2H3. The Morgan fingerprint density at radius 3 is 2.74 bits per heavy atom. The smallest absolute Gasteiger partial charge is 0.268 e. The lowest BCUT2D eigenvalue weighted by molar-refractivity contribution is -0.134. The molecule has 182 valence electrons. The Morgan fingerprint density at radius 1 is 1.17 bits per heavy atom. The summed E-state index contributed by atoms with van der Waals surface area (Å²) in [6.07, 6.45) is 7.29. The second kappa shape index (κ2) is 10.2. The zero-order valence-corrected chi connectivity index (χ0v) is 21.0. The number of benzene rings is 1. The molecule has 1 saturated carbocycles. The maximum absolute atomic E-state index is 13.3. The van der Waals surface area contributed by atoms with E-state index in [1.54, 1.807) is 11.1 Å². The largest absolute Gasteiger partial charge is 0.478 e. The van der Waals surface area contributed by atoms with Gasteiger partial charge in [0.25, 0.3) is 5.91 Å². The van der Waals surface area contributed by atoms with Crippen LogP contribution in [0.1, 0.15) is 45.4 Å². The fraction of sp³-hybridized carbons (Fsp3) is 0.407. The predicted octanol–water partition coefficient (Wildman–Crippen LogP) is 5.17. The molecule has 2 aromatic heterocycles. The summed E-state index contributed by atoms with van der Waals surface area (Å²) in [5.74, 6) is 0.410. The highest BCUT2D eigenvalue weighted by Gasteiger charge is 2.36. The molecular weight excluding hydrogens is 460 g/mol. The minimum Gasteiger partial charge on any atom is -0.478 e. The van der Waals surface area contributed by atoms with Crippen molar-refractivity contribution in [2.45, 2.75) is 57.6 Å². The zero-order valence-electron chi connectivity index (χ0n) is 20.1. The molecule has 0 N–H and O–H groups in total. The third-order valence-corrected chi connectivity index (χ3v) is 7.79. The van der Waals surface area contributed by atoms with Crippen molar-refractivity contribution >= 4 is 28.8 Å². The van der Waals surface area contributed by atoms with E-state index in [0.717, 1.165) is 47.6 Å². The summed E-state index contributed by atoms with van der Waals surface area (Å²) in [4.78, 5) is 39.1. The molecule has 2 amide bonds. The third kappa shape index (κ3) is 4.80. The summed E-state index contributed by atoms with van der Waals surface area (Å²) in [6.45, 7) is 1.93. The number of rotatable bonds is 6. The highest BCUT2D eigenvalue weighted by molar-refractivity contribution is 7.13. The molecule has 0 saturated heterocycles. The average Bonchev–Trinajstić information content (AvgIpc) is 3.41. The molecule has 3 aromatic rings. The van der Waals surface area contributed by atoms with Crippen LogP contribution >= 0.6 is 11.3 Å². The number of carbonyl (C=O) groups excluding carboxylic acids is 2. The van der Waals surface area contributed by atoms with Crippen molar-refractivity contribution in [3.63, 3.8) is 0 Å². The van der Waals surface area contributed by atoms with Crippen molar-refractivity contribution in [2.75, 3.05) is 18.5 Å². The summed E-state index contributed by atoms with van der Waals surface area (Å²) in [7, 11) is 1.87. The van der Waals surface area contributed by atoms with Gasteiger partial charge in [-0.2, -0.15) is 0 Å². The number of amides is 2. The van der Waals surface area contributed by atoms with Crippen LogP contribution in [-0.2, 0) is 9.59 Å². The fourth-order valence-corrected chi connectivity index (χ4v) is 5.64. The molecule has 1 aliphatic heterocycles. The molecule has 0 bridgehead atoms. The van der Waals surface area contributed by atoms with Crippen LogP contribution in [0.2, 0.25) is 0 Å². The van der Waals surface area contributed by atoms with Gasteiger partial charge < -0.3 is 9.64 Å². The molecule has 8 heteroatoms. The molecule has 35 heavy (non-hydrogen) atoms. The Balaban J connectivity index is 1.43. The molecule has 5 rings (SSSR count). The summed E-state index contributed by atoms with van der Waals surface area (Å²) in [5, 5.41) is 2.82. The fourth-order valence-electron chi connectivity index (χ4n) is 4.84. The molecule has 1 aromatic carbocycles. The lowest BCUT2D eigenvalue weighted by Gasteiger charge is -2.36. The van der Waals surface area contributed by atoms with Crippen LogP contribution in [0.4, 0.5) is 5.69 Å². The minimum absolute atomic E-state index is 0.0123. The number of likely N-dealkylation sites (N-methyl/N-ethyl adjacent to an activating group) is 1. The summed E-state index contributed by atoms with van der Waals surface area (Å²) in [5.41, 5.74) is 3.11. The Morgan fingerprint density at radius 2 is 2.00 bits per heavy atom. The molecular formula is C27H30N4O3S. The minimum atomic E-state index is -0.587. The van der Waals surface area contributed by atoms with Gasteiger partial charge in [0.05, 0.1) is 17.1 Å². The van der Waals surface area contributed by atoms with Crippen LogP contribution in [0.5, 0.6) is 5.75 Å². The normalized spacial score (nSPS) is 18.2. The SMILES string of the molecule is CCC1Oc2ccc(-c3csc(-c4ccccn4)n3)cc2N(CC(=O)N(C)C2CCCCC2)C1=O. The van der Waals surface area contributed by atoms with E-state index in [0.29, 0.717) is 17.9 Å². The number of anilines is 1. The topological polar surface area (TPSA) is 75.6 Å². The summed E-state index contributed by atoms with van der Waals surface area (Å²) < 4.78 is 6.00. The molecule has 0 radical (unpaired) electrons. The van der Waals surface area contributed by atoms with E-state index in [9.17, 15) is 9.59 Å². The first kappa shape index (κ1) is 23.5. The second-order valence-corrected chi connectivity index (χ2v) is 10.0. The Bertz CT molecular complexity index is 1210. The number of hydrogen-bond acceptors (Lipinski definition) is 6. The van der Waals surface area contributed by atoms with Gasteiger partial charge in [0.1, 0.15) is 17.3 Å². The van der Waals surface area contributed by atoms with Crippen molar-refractivity contribution in [2.24, 2.45) is 0 Å². The lowest BCUT2D eigenvalue weighted by atomic mass is 9.94. The predicted molar refractivity (Wildman–Crippen MR) is 137 cm³/mol. The van der Waals surface area contributed by atoms with E-state index in [-0.39, 0.29) is 24.4 Å². The summed E-state index contributed by atoms with van der Waals surface area (Å²) in [6, 6.07) is 11.7. The van der Waals surface area contributed by atoms with Gasteiger partial charge in [-0.25, -0.2) is 4.98 Å². The Labute approximate surface area is 209 Å². The van der Waals surface area contributed by atoms with Crippen molar-refractivity contribution in [1.29, 1.82) is 0 Å². The molecule has 7 nitrogen and oxygen atoms in total. The molecule has 1 unspecified atom stereocenters. The number of aromatic nitrogens is 2. The van der Waals surface area contributed by atoms with E-state index in [4.69, 9.17) is 9.72 Å². The van der Waals surface area contributed by atoms with Crippen molar-refractivity contribution in [3.05, 3.63) is 48.0 Å². The first-order valence-electron chi connectivity index (χ1n) is 12.3. The number of pyridine rings is 1. The van der Waals surface area contributed by atoms with Crippen LogP contribution in [0.3, 0.4) is 0 Å². The van der Waals surface area contributed by atoms with Crippen LogP contribution in [0.25, 0.3) is 22.0 Å². The average molecular weight is 491 g/mol. The van der Waals surface area contributed by atoms with E-state index in [1.807, 2.05) is 60.6 Å². The van der Waals surface area contributed by atoms with Gasteiger partial charge in [0.15, 0.2) is 6.10 Å². The van der Waals surface area contributed by atoms with Gasteiger partial charge in [-0.05, 0) is 49.6 Å². The van der Waals surface area contributed by atoms with Crippen molar-refractivity contribution < 1.29 is 14.3 Å². The van der Waals surface area contributed by atoms with Crippen LogP contribution in [0.15, 0.2) is 48.0 Å². The van der Waals surface area contributed by atoms with E-state index in [1.165, 1.54) is 17.8 Å². The van der Waals surface area contributed by atoms with Gasteiger partial charge in [-0.1, -0.05) is 32.3 Å². The molecule has 3 heterocycles. The third-order valence-electron chi connectivity index (χ3n) is 6.92. The first-order chi connectivity index (χ1) is 17.0. The van der Waals surface area contributed by atoms with Gasteiger partial charge in [-0.15, -0.1) is 11.3 Å². The van der Waals surface area contributed by atoms with Gasteiger partial charge in [0.2, 0.25) is 5.91 Å². The van der Waals surface area contributed by atoms with Gasteiger partial charge >= 0.3 is 0 Å². The molecule has 0 spiro atoms. The quantitative estimate of drug-likeness (QED) is 0.477. The molecule has 1 atom stereocenters. The van der Waals surface area contributed by atoms with E-state index >= 15 is 0 Å². The number of thiazole rings is 1. The van der Waals surface area contributed by atoms with Gasteiger partial charge in [0, 0.05) is 30.2 Å². The zero-order chi connectivity index (χ0) is 24.4. The van der Waals surface area contributed by atoms with Crippen LogP contribution in [0, 0.1) is 0 Å². The lowest BCUT2D eigenvalue weighted by Crippen LogP contribution is -2.51. The highest BCUT2D eigenvalue weighted by Crippen LogP contribution is 2.39. The molecule has 1 fully saturated rings. The Hall–Kier alpha value is -3.26. The summed E-state index contributed by atoms with van der Waals surface area (Å²) >= 11 is 1.52. The maximum atomic E-state index is 13.3. The number of hydrogen-bond donors (Lipinski definition) is 0. The number of nitrogens with zero attached hydrogens (tertiary/aromatic N) is 4. The monoisotopic (exact) mass is 490 g/mol. The highest BCUT2D eigenvalue weighted by atomic mass is 32.1. The van der Waals surface area contributed by atoms with Crippen molar-refractivity contribution in [1.82, 2.24) is 14.9 Å². The number of ether oxygens (including phenoxy) is 1. The maximum Gasteiger partial charge on any atom is 0.268 e. The molecule has 1 aliphatic carbocycles. The Kier molecular flexibility index (Phi) is 6.81. The van der Waals surface area contributed by atoms with Crippen LogP contribution in [-0.4, -0.2) is 52.4 Å².